The Morgan fingerprint density at radius 2 is 2.14 bits per heavy atom. The number of benzene rings is 1. The van der Waals surface area contributed by atoms with Gasteiger partial charge in [0.05, 0.1) is 20.1 Å². The van der Waals surface area contributed by atoms with E-state index >= 15 is 0 Å². The highest BCUT2D eigenvalue weighted by atomic mass is 16.5. The predicted octanol–water partition coefficient (Wildman–Crippen LogP) is 1.58. The van der Waals surface area contributed by atoms with Crippen molar-refractivity contribution < 1.29 is 24.2 Å². The molecule has 1 fully saturated rings. The molecule has 0 unspecified atom stereocenters. The van der Waals surface area contributed by atoms with Gasteiger partial charge in [-0.15, -0.1) is 0 Å². The van der Waals surface area contributed by atoms with Crippen LogP contribution in [0.2, 0.25) is 0 Å². The number of Topliss-reactive ketones (excluding diaryl/α,β-unsaturated/α-hetero) is 1. The van der Waals surface area contributed by atoms with Crippen LogP contribution in [0.4, 0.5) is 0 Å². The molecule has 3 rings (SSSR count). The number of carbonyl (C=O) groups excluding carboxylic acids is 1. The van der Waals surface area contributed by atoms with E-state index in [0.29, 0.717) is 49.4 Å². The van der Waals surface area contributed by atoms with Crippen LogP contribution in [0.1, 0.15) is 29.6 Å². The van der Waals surface area contributed by atoms with Gasteiger partial charge >= 0.3 is 5.97 Å². The quantitative estimate of drug-likeness (QED) is 0.913. The number of rotatable bonds is 3. The van der Waals surface area contributed by atoms with Crippen LogP contribution in [0.5, 0.6) is 11.5 Å². The van der Waals surface area contributed by atoms with Crippen LogP contribution in [0.25, 0.3) is 0 Å². The standard InChI is InChI=1S/C16H19NO5/c1-21-12-3-2-4-13-15(12)11(18)9-16(22-13)5-7-17(8-6-16)10-14(19)20/h2-4H,5-10H2,1H3,(H,19,20). The van der Waals surface area contributed by atoms with Crippen LogP contribution in [0.3, 0.4) is 0 Å². The van der Waals surface area contributed by atoms with Gasteiger partial charge in [-0.25, -0.2) is 0 Å². The molecular weight excluding hydrogens is 286 g/mol. The Bertz CT molecular complexity index is 605. The van der Waals surface area contributed by atoms with E-state index in [1.807, 2.05) is 11.0 Å². The van der Waals surface area contributed by atoms with Crippen molar-refractivity contribution in [3.8, 4) is 11.5 Å². The molecule has 0 amide bonds. The van der Waals surface area contributed by atoms with Crippen LogP contribution in [-0.2, 0) is 4.79 Å². The minimum absolute atomic E-state index is 0.0328. The first kappa shape index (κ1) is 14.8. The third-order valence-corrected chi connectivity index (χ3v) is 4.42. The fourth-order valence-corrected chi connectivity index (χ4v) is 3.28. The largest absolute Gasteiger partial charge is 0.496 e. The molecule has 0 atom stereocenters. The summed E-state index contributed by atoms with van der Waals surface area (Å²) < 4.78 is 11.4. The lowest BCUT2D eigenvalue weighted by molar-refractivity contribution is -0.139. The van der Waals surface area contributed by atoms with Gasteiger partial charge in [-0.1, -0.05) is 6.07 Å². The number of methoxy groups -OCH3 is 1. The summed E-state index contributed by atoms with van der Waals surface area (Å²) in [6, 6.07) is 5.36. The minimum Gasteiger partial charge on any atom is -0.496 e. The summed E-state index contributed by atoms with van der Waals surface area (Å²) in [5.41, 5.74) is 0.00873. The average molecular weight is 305 g/mol. The van der Waals surface area contributed by atoms with Gasteiger partial charge in [-0.05, 0) is 12.1 Å². The Morgan fingerprint density at radius 3 is 2.77 bits per heavy atom. The molecule has 0 radical (unpaired) electrons. The normalized spacial score (nSPS) is 20.3. The molecule has 1 aromatic rings. The number of hydrogen-bond acceptors (Lipinski definition) is 5. The summed E-state index contributed by atoms with van der Waals surface area (Å²) in [7, 11) is 1.54. The summed E-state index contributed by atoms with van der Waals surface area (Å²) in [4.78, 5) is 25.2. The Hall–Kier alpha value is -2.08. The second-order valence-corrected chi connectivity index (χ2v) is 5.89. The molecule has 6 nitrogen and oxygen atoms in total. The highest BCUT2D eigenvalue weighted by Gasteiger charge is 2.44. The Kier molecular flexibility index (Phi) is 3.78. The fourth-order valence-electron chi connectivity index (χ4n) is 3.28. The number of likely N-dealkylation sites (tertiary alicyclic amines) is 1. The van der Waals surface area contributed by atoms with Crippen molar-refractivity contribution in [2.45, 2.75) is 24.9 Å². The van der Waals surface area contributed by atoms with Crippen LogP contribution in [0, 0.1) is 0 Å². The number of hydrogen-bond donors (Lipinski definition) is 1. The van der Waals surface area contributed by atoms with E-state index in [1.54, 1.807) is 12.1 Å². The zero-order chi connectivity index (χ0) is 15.7. The second-order valence-electron chi connectivity index (χ2n) is 5.89. The molecule has 0 aliphatic carbocycles. The van der Waals surface area contributed by atoms with Gasteiger partial charge in [-0.3, -0.25) is 14.5 Å². The number of carbonyl (C=O) groups is 2. The van der Waals surface area contributed by atoms with Crippen molar-refractivity contribution in [3.05, 3.63) is 23.8 Å². The second kappa shape index (κ2) is 5.61. The third-order valence-electron chi connectivity index (χ3n) is 4.42. The Balaban J connectivity index is 1.79. The summed E-state index contributed by atoms with van der Waals surface area (Å²) in [6.07, 6.45) is 1.63. The SMILES string of the molecule is COc1cccc2c1C(=O)CC1(CCN(CC(=O)O)CC1)O2. The van der Waals surface area contributed by atoms with E-state index in [9.17, 15) is 9.59 Å². The van der Waals surface area contributed by atoms with Gasteiger partial charge in [-0.2, -0.15) is 0 Å². The number of nitrogens with zero attached hydrogens (tertiary/aromatic N) is 1. The molecule has 2 aliphatic heterocycles. The summed E-state index contributed by atoms with van der Waals surface area (Å²) >= 11 is 0. The molecule has 0 bridgehead atoms. The molecule has 6 heteroatoms. The number of carboxylic acids is 1. The van der Waals surface area contributed by atoms with Crippen molar-refractivity contribution in [1.29, 1.82) is 0 Å². The molecule has 1 N–H and O–H groups in total. The van der Waals surface area contributed by atoms with Crippen molar-refractivity contribution in [2.24, 2.45) is 0 Å². The van der Waals surface area contributed by atoms with Crippen LogP contribution < -0.4 is 9.47 Å². The summed E-state index contributed by atoms with van der Waals surface area (Å²) in [5, 5.41) is 8.86. The number of ether oxygens (including phenoxy) is 2. The van der Waals surface area contributed by atoms with Crippen molar-refractivity contribution in [1.82, 2.24) is 4.90 Å². The van der Waals surface area contributed by atoms with E-state index in [4.69, 9.17) is 14.6 Å². The van der Waals surface area contributed by atoms with Crippen LogP contribution in [0.15, 0.2) is 18.2 Å². The van der Waals surface area contributed by atoms with Crippen molar-refractivity contribution >= 4 is 11.8 Å². The average Bonchev–Trinajstić information content (AvgIpc) is 2.48. The summed E-state index contributed by atoms with van der Waals surface area (Å²) in [6.45, 7) is 1.28. The zero-order valence-electron chi connectivity index (χ0n) is 12.5. The van der Waals surface area contributed by atoms with Gasteiger partial charge in [0.1, 0.15) is 22.7 Å². The van der Waals surface area contributed by atoms with E-state index in [1.165, 1.54) is 7.11 Å². The first-order valence-electron chi connectivity index (χ1n) is 7.36. The topological polar surface area (TPSA) is 76.1 Å². The lowest BCUT2D eigenvalue weighted by atomic mass is 9.82. The monoisotopic (exact) mass is 305 g/mol. The fraction of sp³-hybridized carbons (Fsp3) is 0.500. The number of piperidine rings is 1. The first-order valence-corrected chi connectivity index (χ1v) is 7.36. The van der Waals surface area contributed by atoms with E-state index in [2.05, 4.69) is 0 Å². The molecule has 0 saturated carbocycles. The maximum absolute atomic E-state index is 12.5. The summed E-state index contributed by atoms with van der Waals surface area (Å²) in [5.74, 6) is 0.319. The lowest BCUT2D eigenvalue weighted by Gasteiger charge is -2.43. The molecule has 1 saturated heterocycles. The predicted molar refractivity (Wildman–Crippen MR) is 78.6 cm³/mol. The molecule has 2 aliphatic rings. The van der Waals surface area contributed by atoms with Crippen LogP contribution >= 0.6 is 0 Å². The molecule has 22 heavy (non-hydrogen) atoms. The maximum Gasteiger partial charge on any atom is 0.317 e. The minimum atomic E-state index is -0.827. The van der Waals surface area contributed by atoms with E-state index < -0.39 is 11.6 Å². The number of carboxylic acid groups (broad SMARTS) is 1. The van der Waals surface area contributed by atoms with E-state index in [-0.39, 0.29) is 12.3 Å². The van der Waals surface area contributed by atoms with Crippen molar-refractivity contribution in [2.75, 3.05) is 26.7 Å². The first-order chi connectivity index (χ1) is 10.5. The Labute approximate surface area is 128 Å². The van der Waals surface area contributed by atoms with Gasteiger partial charge in [0.15, 0.2) is 5.78 Å². The Morgan fingerprint density at radius 1 is 1.41 bits per heavy atom. The number of aliphatic carboxylic acids is 1. The maximum atomic E-state index is 12.5. The molecular formula is C16H19NO5. The molecule has 1 aromatic carbocycles. The highest BCUT2D eigenvalue weighted by molar-refractivity contribution is 6.02. The van der Waals surface area contributed by atoms with Crippen molar-refractivity contribution in [3.63, 3.8) is 0 Å². The van der Waals surface area contributed by atoms with Gasteiger partial charge in [0.2, 0.25) is 0 Å². The van der Waals surface area contributed by atoms with E-state index in [0.717, 1.165) is 0 Å². The molecule has 2 heterocycles. The molecule has 1 spiro atoms. The lowest BCUT2D eigenvalue weighted by Crippen LogP contribution is -2.51. The zero-order valence-corrected chi connectivity index (χ0v) is 12.5. The van der Waals surface area contributed by atoms with Gasteiger partial charge < -0.3 is 14.6 Å². The molecule has 118 valence electrons. The number of ketones is 1. The van der Waals surface area contributed by atoms with Gasteiger partial charge in [0, 0.05) is 25.9 Å². The smallest absolute Gasteiger partial charge is 0.317 e. The third kappa shape index (κ3) is 2.66. The number of fused-ring (bicyclic) bond motifs is 1. The molecule has 0 aromatic heterocycles. The highest BCUT2D eigenvalue weighted by Crippen LogP contribution is 2.42. The van der Waals surface area contributed by atoms with Crippen LogP contribution in [-0.4, -0.2) is 54.1 Å². The van der Waals surface area contributed by atoms with Gasteiger partial charge in [0.25, 0.3) is 0 Å².